The quantitative estimate of drug-likeness (QED) is 0.715. The van der Waals surface area contributed by atoms with Crippen LogP contribution in [0.3, 0.4) is 0 Å². The van der Waals surface area contributed by atoms with Crippen molar-refractivity contribution in [2.45, 2.75) is 13.3 Å². The minimum atomic E-state index is 0.631. The highest BCUT2D eigenvalue weighted by molar-refractivity contribution is 6.32. The molecule has 15 heavy (non-hydrogen) atoms. The molecule has 0 bridgehead atoms. The Labute approximate surface area is 101 Å². The van der Waals surface area contributed by atoms with Gasteiger partial charge in [-0.1, -0.05) is 23.7 Å². The topological polar surface area (TPSA) is 9.23 Å². The van der Waals surface area contributed by atoms with Gasteiger partial charge in [-0.2, -0.15) is 0 Å². The Bertz CT molecular complexity index is 359. The van der Waals surface area contributed by atoms with E-state index < -0.39 is 0 Å². The molecule has 0 radical (unpaired) electrons. The van der Waals surface area contributed by atoms with Crippen LogP contribution in [0.25, 0.3) is 5.57 Å². The molecule has 82 valence electrons. The summed E-state index contributed by atoms with van der Waals surface area (Å²) >= 11 is 11.6. The third-order valence-electron chi connectivity index (χ3n) is 2.17. The van der Waals surface area contributed by atoms with Gasteiger partial charge in [0, 0.05) is 5.88 Å². The number of methoxy groups -OCH3 is 1. The molecule has 3 heteroatoms. The summed E-state index contributed by atoms with van der Waals surface area (Å²) in [6, 6.07) is 5.75. The Morgan fingerprint density at radius 3 is 2.80 bits per heavy atom. The van der Waals surface area contributed by atoms with E-state index in [1.54, 1.807) is 7.11 Å². The molecule has 0 aliphatic rings. The van der Waals surface area contributed by atoms with Crippen LogP contribution in [0.5, 0.6) is 5.75 Å². The molecule has 0 N–H and O–H groups in total. The van der Waals surface area contributed by atoms with Crippen molar-refractivity contribution in [1.29, 1.82) is 0 Å². The first-order valence-electron chi connectivity index (χ1n) is 4.75. The number of halogens is 2. The van der Waals surface area contributed by atoms with Crippen LogP contribution in [0.2, 0.25) is 5.02 Å². The van der Waals surface area contributed by atoms with Gasteiger partial charge >= 0.3 is 0 Å². The number of hydrogen-bond donors (Lipinski definition) is 0. The number of rotatable bonds is 4. The van der Waals surface area contributed by atoms with Gasteiger partial charge in [0.1, 0.15) is 5.75 Å². The normalized spacial score (nSPS) is 11.6. The van der Waals surface area contributed by atoms with E-state index in [1.165, 1.54) is 5.57 Å². The van der Waals surface area contributed by atoms with E-state index in [4.69, 9.17) is 27.9 Å². The van der Waals surface area contributed by atoms with Crippen molar-refractivity contribution in [3.63, 3.8) is 0 Å². The van der Waals surface area contributed by atoms with E-state index in [2.05, 4.69) is 13.0 Å². The van der Waals surface area contributed by atoms with Crippen molar-refractivity contribution in [3.05, 3.63) is 34.9 Å². The third-order valence-corrected chi connectivity index (χ3v) is 2.70. The molecule has 0 atom stereocenters. The summed E-state index contributed by atoms with van der Waals surface area (Å²) in [7, 11) is 1.61. The van der Waals surface area contributed by atoms with Crippen molar-refractivity contribution in [1.82, 2.24) is 0 Å². The Hall–Kier alpha value is -0.660. The molecule has 0 aromatic heterocycles. The van der Waals surface area contributed by atoms with E-state index >= 15 is 0 Å². The van der Waals surface area contributed by atoms with Crippen LogP contribution in [0.1, 0.15) is 18.9 Å². The molecule has 1 aromatic rings. The minimum absolute atomic E-state index is 0.631. The molecule has 0 saturated heterocycles. The van der Waals surface area contributed by atoms with E-state index in [9.17, 15) is 0 Å². The maximum atomic E-state index is 5.94. The summed E-state index contributed by atoms with van der Waals surface area (Å²) in [6.07, 6.45) is 2.98. The fraction of sp³-hybridized carbons (Fsp3) is 0.333. The summed E-state index contributed by atoms with van der Waals surface area (Å²) in [5.41, 5.74) is 2.30. The molecule has 0 aliphatic heterocycles. The van der Waals surface area contributed by atoms with Crippen LogP contribution >= 0.6 is 23.2 Å². The van der Waals surface area contributed by atoms with Gasteiger partial charge in [0.05, 0.1) is 12.1 Å². The average molecular weight is 245 g/mol. The highest BCUT2D eigenvalue weighted by Gasteiger charge is 2.02. The van der Waals surface area contributed by atoms with Crippen molar-refractivity contribution in [3.8, 4) is 5.75 Å². The molecule has 0 heterocycles. The molecule has 0 fully saturated rings. The summed E-state index contributed by atoms with van der Waals surface area (Å²) in [6.45, 7) is 2.05. The lowest BCUT2D eigenvalue weighted by molar-refractivity contribution is 0.415. The Morgan fingerprint density at radius 1 is 1.47 bits per heavy atom. The maximum absolute atomic E-state index is 5.94. The number of allylic oxidation sites excluding steroid dienone is 2. The fourth-order valence-corrected chi connectivity index (χ4v) is 1.60. The van der Waals surface area contributed by atoms with Crippen LogP contribution in [-0.2, 0) is 0 Å². The zero-order chi connectivity index (χ0) is 11.3. The van der Waals surface area contributed by atoms with Gasteiger partial charge < -0.3 is 4.74 Å². The fourth-order valence-electron chi connectivity index (χ4n) is 1.29. The molecule has 0 spiro atoms. The highest BCUT2D eigenvalue weighted by atomic mass is 35.5. The lowest BCUT2D eigenvalue weighted by Crippen LogP contribution is -1.87. The number of alkyl halides is 1. The molecule has 0 amide bonds. The second-order valence-corrected chi connectivity index (χ2v) is 4.00. The lowest BCUT2D eigenvalue weighted by Gasteiger charge is -2.06. The number of benzene rings is 1. The first kappa shape index (κ1) is 12.4. The standard InChI is InChI=1S/C12H14Cl2O/c1-9(4-3-7-13)10-5-6-11(14)12(8-10)15-2/h4-6,8H,3,7H2,1-2H3. The summed E-state index contributed by atoms with van der Waals surface area (Å²) in [4.78, 5) is 0. The van der Waals surface area contributed by atoms with Crippen molar-refractivity contribution >= 4 is 28.8 Å². The van der Waals surface area contributed by atoms with E-state index in [0.717, 1.165) is 12.0 Å². The van der Waals surface area contributed by atoms with Gasteiger partial charge in [-0.25, -0.2) is 0 Å². The first-order chi connectivity index (χ1) is 7.19. The highest BCUT2D eigenvalue weighted by Crippen LogP contribution is 2.28. The largest absolute Gasteiger partial charge is 0.495 e. The zero-order valence-electron chi connectivity index (χ0n) is 8.89. The van der Waals surface area contributed by atoms with Crippen molar-refractivity contribution in [2.75, 3.05) is 13.0 Å². The number of hydrogen-bond acceptors (Lipinski definition) is 1. The molecule has 0 aliphatic carbocycles. The Kier molecular flexibility index (Phi) is 5.00. The predicted octanol–water partition coefficient (Wildman–Crippen LogP) is 4.38. The van der Waals surface area contributed by atoms with Gasteiger partial charge in [0.15, 0.2) is 0 Å². The van der Waals surface area contributed by atoms with Gasteiger partial charge in [-0.15, -0.1) is 11.6 Å². The van der Waals surface area contributed by atoms with Gasteiger partial charge in [-0.3, -0.25) is 0 Å². The molecular weight excluding hydrogens is 231 g/mol. The van der Waals surface area contributed by atoms with E-state index in [0.29, 0.717) is 16.7 Å². The van der Waals surface area contributed by atoms with Crippen LogP contribution in [0, 0.1) is 0 Å². The Balaban J connectivity index is 2.95. The molecule has 0 saturated carbocycles. The first-order valence-corrected chi connectivity index (χ1v) is 5.67. The molecule has 1 rings (SSSR count). The second-order valence-electron chi connectivity index (χ2n) is 3.21. The smallest absolute Gasteiger partial charge is 0.138 e. The van der Waals surface area contributed by atoms with Gasteiger partial charge in [0.25, 0.3) is 0 Å². The second kappa shape index (κ2) is 6.04. The molecule has 0 unspecified atom stereocenters. The molecule has 1 aromatic carbocycles. The molecule has 1 nitrogen and oxygen atoms in total. The van der Waals surface area contributed by atoms with Crippen molar-refractivity contribution in [2.24, 2.45) is 0 Å². The average Bonchev–Trinajstić information content (AvgIpc) is 2.26. The summed E-state index contributed by atoms with van der Waals surface area (Å²) in [5, 5.41) is 0.631. The van der Waals surface area contributed by atoms with E-state index in [-0.39, 0.29) is 0 Å². The summed E-state index contributed by atoms with van der Waals surface area (Å²) in [5.74, 6) is 1.34. The van der Waals surface area contributed by atoms with Crippen molar-refractivity contribution < 1.29 is 4.74 Å². The van der Waals surface area contributed by atoms with Gasteiger partial charge in [0.2, 0.25) is 0 Å². The predicted molar refractivity (Wildman–Crippen MR) is 67.0 cm³/mol. The maximum Gasteiger partial charge on any atom is 0.138 e. The number of ether oxygens (including phenoxy) is 1. The van der Waals surface area contributed by atoms with Crippen LogP contribution < -0.4 is 4.74 Å². The van der Waals surface area contributed by atoms with E-state index in [1.807, 2.05) is 18.2 Å². The zero-order valence-corrected chi connectivity index (χ0v) is 10.4. The SMILES string of the molecule is COc1cc(C(C)=CCCCl)ccc1Cl. The lowest BCUT2D eigenvalue weighted by atomic mass is 10.1. The van der Waals surface area contributed by atoms with Gasteiger partial charge in [-0.05, 0) is 36.6 Å². The minimum Gasteiger partial charge on any atom is -0.495 e. The van der Waals surface area contributed by atoms with Crippen LogP contribution in [0.15, 0.2) is 24.3 Å². The Morgan fingerprint density at radius 2 is 2.20 bits per heavy atom. The third kappa shape index (κ3) is 3.44. The molecular formula is C12H14Cl2O. The van der Waals surface area contributed by atoms with Crippen LogP contribution in [-0.4, -0.2) is 13.0 Å². The summed E-state index contributed by atoms with van der Waals surface area (Å²) < 4.78 is 5.16. The monoisotopic (exact) mass is 244 g/mol. The van der Waals surface area contributed by atoms with Crippen LogP contribution in [0.4, 0.5) is 0 Å².